The summed E-state index contributed by atoms with van der Waals surface area (Å²) < 4.78 is 1.38. The average Bonchev–Trinajstić information content (AvgIpc) is 1.88. The number of anilines is 1. The van der Waals surface area contributed by atoms with E-state index < -0.39 is 0 Å². The molecule has 1 aromatic rings. The zero-order valence-corrected chi connectivity index (χ0v) is 7.31. The van der Waals surface area contributed by atoms with Crippen molar-refractivity contribution in [3.05, 3.63) is 23.9 Å². The van der Waals surface area contributed by atoms with Crippen molar-refractivity contribution in [3.8, 4) is 0 Å². The molecular formula is C6H8N2S2. The molecule has 0 amide bonds. The third-order valence-electron chi connectivity index (χ3n) is 1.08. The second-order valence-corrected chi connectivity index (χ2v) is 3.04. The number of pyridine rings is 1. The van der Waals surface area contributed by atoms with Gasteiger partial charge in [0.05, 0.1) is 0 Å². The highest BCUT2D eigenvalue weighted by atomic mass is 32.2. The van der Waals surface area contributed by atoms with Crippen molar-refractivity contribution < 1.29 is 0 Å². The molecule has 0 saturated carbocycles. The van der Waals surface area contributed by atoms with E-state index in [9.17, 15) is 0 Å². The van der Waals surface area contributed by atoms with Crippen LogP contribution in [0, 0.1) is 6.92 Å². The van der Waals surface area contributed by atoms with Gasteiger partial charge in [0, 0.05) is 5.69 Å². The quantitative estimate of drug-likeness (QED) is 0.629. The van der Waals surface area contributed by atoms with Gasteiger partial charge in [-0.1, -0.05) is 31.7 Å². The lowest BCUT2D eigenvalue weighted by molar-refractivity contribution is 1.20. The predicted molar refractivity (Wildman–Crippen MR) is 49.4 cm³/mol. The molecule has 0 spiro atoms. The molecule has 0 aliphatic heterocycles. The van der Waals surface area contributed by atoms with Gasteiger partial charge in [-0.25, -0.2) is 8.69 Å². The van der Waals surface area contributed by atoms with Crippen molar-refractivity contribution in [2.75, 3.05) is 3.71 Å². The Labute approximate surface area is 71.4 Å². The highest BCUT2D eigenvalue weighted by Gasteiger charge is 1.95. The predicted octanol–water partition coefficient (Wildman–Crippen LogP) is 1.89. The Balaban J connectivity index is 2.96. The van der Waals surface area contributed by atoms with E-state index >= 15 is 0 Å². The van der Waals surface area contributed by atoms with Crippen LogP contribution in [0.1, 0.15) is 5.69 Å². The van der Waals surface area contributed by atoms with Gasteiger partial charge >= 0.3 is 0 Å². The Bertz CT molecular complexity index is 225. The largest absolute Gasteiger partial charge is 0.247 e. The van der Waals surface area contributed by atoms with Crippen molar-refractivity contribution in [2.24, 2.45) is 0 Å². The van der Waals surface area contributed by atoms with Gasteiger partial charge in [0.2, 0.25) is 0 Å². The molecular weight excluding hydrogens is 164 g/mol. The van der Waals surface area contributed by atoms with Crippen LogP contribution in [-0.4, -0.2) is 4.98 Å². The molecule has 0 bridgehead atoms. The van der Waals surface area contributed by atoms with E-state index in [2.05, 4.69) is 30.6 Å². The van der Waals surface area contributed by atoms with Crippen molar-refractivity contribution in [1.82, 2.24) is 4.98 Å². The van der Waals surface area contributed by atoms with Crippen LogP contribution in [0.4, 0.5) is 5.82 Å². The maximum atomic E-state index is 4.15. The number of rotatable bonds is 1. The van der Waals surface area contributed by atoms with Crippen LogP contribution < -0.4 is 3.71 Å². The third-order valence-corrected chi connectivity index (χ3v) is 1.49. The topological polar surface area (TPSA) is 16.1 Å². The molecule has 0 saturated heterocycles. The lowest BCUT2D eigenvalue weighted by atomic mass is 10.4. The fourth-order valence-electron chi connectivity index (χ4n) is 0.640. The Kier molecular flexibility index (Phi) is 2.45. The molecule has 0 N–H and O–H groups in total. The first-order valence-electron chi connectivity index (χ1n) is 2.81. The van der Waals surface area contributed by atoms with Gasteiger partial charge in [0.15, 0.2) is 0 Å². The van der Waals surface area contributed by atoms with Crippen molar-refractivity contribution in [3.63, 3.8) is 0 Å². The zero-order chi connectivity index (χ0) is 7.56. The number of hydrogen-bond acceptors (Lipinski definition) is 4. The van der Waals surface area contributed by atoms with Crippen LogP contribution in [0.3, 0.4) is 0 Å². The molecule has 0 aliphatic rings. The highest BCUT2D eigenvalue weighted by molar-refractivity contribution is 8.00. The molecule has 1 aromatic heterocycles. The fraction of sp³-hybridized carbons (Fsp3) is 0.167. The van der Waals surface area contributed by atoms with Crippen LogP contribution in [0.25, 0.3) is 0 Å². The fourth-order valence-corrected chi connectivity index (χ4v) is 0.863. The summed E-state index contributed by atoms with van der Waals surface area (Å²) >= 11 is 7.94. The first kappa shape index (κ1) is 7.75. The normalized spacial score (nSPS) is 9.50. The van der Waals surface area contributed by atoms with E-state index in [1.54, 1.807) is 0 Å². The molecule has 1 heterocycles. The van der Waals surface area contributed by atoms with Gasteiger partial charge in [-0.15, -0.1) is 0 Å². The van der Waals surface area contributed by atoms with Crippen LogP contribution in [0.5, 0.6) is 0 Å². The monoisotopic (exact) mass is 172 g/mol. The zero-order valence-electron chi connectivity index (χ0n) is 5.52. The van der Waals surface area contributed by atoms with Gasteiger partial charge in [-0.3, -0.25) is 0 Å². The van der Waals surface area contributed by atoms with E-state index in [0.29, 0.717) is 0 Å². The molecule has 0 unspecified atom stereocenters. The summed E-state index contributed by atoms with van der Waals surface area (Å²) in [5.74, 6) is 0.742. The molecule has 10 heavy (non-hydrogen) atoms. The molecule has 0 aliphatic carbocycles. The Morgan fingerprint density at radius 1 is 1.40 bits per heavy atom. The number of thiol groups is 2. The SMILES string of the molecule is Cc1cccc(N(S)S)n1. The van der Waals surface area contributed by atoms with Crippen molar-refractivity contribution in [2.45, 2.75) is 6.92 Å². The van der Waals surface area contributed by atoms with Gasteiger partial charge in [-0.05, 0) is 19.1 Å². The molecule has 0 aromatic carbocycles. The van der Waals surface area contributed by atoms with Crippen LogP contribution >= 0.6 is 25.6 Å². The summed E-state index contributed by atoms with van der Waals surface area (Å²) in [7, 11) is 0. The smallest absolute Gasteiger partial charge is 0.148 e. The summed E-state index contributed by atoms with van der Waals surface area (Å²) in [6.07, 6.45) is 0. The van der Waals surface area contributed by atoms with E-state index in [1.165, 1.54) is 3.71 Å². The molecule has 1 rings (SSSR count). The van der Waals surface area contributed by atoms with Crippen LogP contribution in [0.15, 0.2) is 18.2 Å². The lowest BCUT2D eigenvalue weighted by Crippen LogP contribution is -1.95. The maximum Gasteiger partial charge on any atom is 0.148 e. The summed E-state index contributed by atoms with van der Waals surface area (Å²) in [6.45, 7) is 1.93. The first-order chi connectivity index (χ1) is 4.70. The minimum absolute atomic E-state index is 0.742. The molecule has 0 fully saturated rings. The van der Waals surface area contributed by atoms with Gasteiger partial charge < -0.3 is 0 Å². The minimum Gasteiger partial charge on any atom is -0.247 e. The molecule has 0 atom stereocenters. The van der Waals surface area contributed by atoms with E-state index in [0.717, 1.165) is 11.5 Å². The molecule has 2 nitrogen and oxygen atoms in total. The van der Waals surface area contributed by atoms with Crippen LogP contribution in [0.2, 0.25) is 0 Å². The van der Waals surface area contributed by atoms with Crippen molar-refractivity contribution in [1.29, 1.82) is 0 Å². The number of aryl methyl sites for hydroxylation is 1. The van der Waals surface area contributed by atoms with E-state index in [4.69, 9.17) is 0 Å². The number of nitrogens with zero attached hydrogens (tertiary/aromatic N) is 2. The molecule has 0 radical (unpaired) electrons. The standard InChI is InChI=1S/C6H8N2S2/c1-5-3-2-4-6(7-5)8(9)10/h2-4,9-10H,1H3. The van der Waals surface area contributed by atoms with Gasteiger partial charge in [0.25, 0.3) is 0 Å². The second-order valence-electron chi connectivity index (χ2n) is 1.93. The number of hydrogen-bond donors (Lipinski definition) is 2. The van der Waals surface area contributed by atoms with E-state index in [1.807, 2.05) is 25.1 Å². The van der Waals surface area contributed by atoms with Crippen LogP contribution in [-0.2, 0) is 0 Å². The van der Waals surface area contributed by atoms with Gasteiger partial charge in [-0.2, -0.15) is 0 Å². The van der Waals surface area contributed by atoms with Crippen molar-refractivity contribution >= 4 is 31.4 Å². The third kappa shape index (κ3) is 1.82. The summed E-state index contributed by atoms with van der Waals surface area (Å²) in [5, 5.41) is 0. The highest BCUT2D eigenvalue weighted by Crippen LogP contribution is 2.14. The Hall–Kier alpha value is -0.350. The van der Waals surface area contributed by atoms with Gasteiger partial charge in [0.1, 0.15) is 5.82 Å². The average molecular weight is 172 g/mol. The molecule has 4 heteroatoms. The van der Waals surface area contributed by atoms with E-state index in [-0.39, 0.29) is 0 Å². The molecule has 54 valence electrons. The first-order valence-corrected chi connectivity index (χ1v) is 3.61. The summed E-state index contributed by atoms with van der Waals surface area (Å²) in [4.78, 5) is 4.15. The second kappa shape index (κ2) is 3.16. The summed E-state index contributed by atoms with van der Waals surface area (Å²) in [6, 6.07) is 5.68. The Morgan fingerprint density at radius 2 is 2.10 bits per heavy atom. The lowest BCUT2D eigenvalue weighted by Gasteiger charge is -2.06. The maximum absolute atomic E-state index is 4.15. The summed E-state index contributed by atoms with van der Waals surface area (Å²) in [5.41, 5.74) is 0.964. The minimum atomic E-state index is 0.742. The Morgan fingerprint density at radius 3 is 2.50 bits per heavy atom. The number of aromatic nitrogens is 1.